The number of thiazole rings is 2. The Bertz CT molecular complexity index is 3320. The molecule has 0 spiro atoms. The average molecular weight is 1320 g/mol. The number of carbonyl (C=O) groups excluding carboxylic acids is 6. The molecule has 2 fully saturated rings. The molecule has 4 aromatic heterocycles. The first-order chi connectivity index (χ1) is 38.3. The minimum Gasteiger partial charge on any atom is -0.543 e. The number of carboxylic acids is 4. The Balaban J connectivity index is 0.000000230. The monoisotopic (exact) mass is 1320 g/mol. The van der Waals surface area contributed by atoms with E-state index in [9.17, 15) is 58.8 Å². The van der Waals surface area contributed by atoms with Crippen molar-refractivity contribution in [3.63, 3.8) is 0 Å². The summed E-state index contributed by atoms with van der Waals surface area (Å²) < 4.78 is 1.37. The van der Waals surface area contributed by atoms with Gasteiger partial charge in [0.25, 0.3) is 11.8 Å². The zero-order valence-corrected chi connectivity index (χ0v) is 55.0. The summed E-state index contributed by atoms with van der Waals surface area (Å²) in [6, 6.07) is 10.5. The Morgan fingerprint density at radius 2 is 1.02 bits per heavy atom. The number of rotatable bonds is 20. The molecule has 2 aromatic carbocycles. The zero-order valence-electron chi connectivity index (χ0n) is 42.9. The molecule has 0 saturated carbocycles. The van der Waals surface area contributed by atoms with Gasteiger partial charge in [0.05, 0.1) is 45.8 Å². The number of nitrogen functional groups attached to an aromatic ring is 2. The van der Waals surface area contributed by atoms with E-state index < -0.39 is 80.8 Å². The number of hydrogen-bond acceptors (Lipinski definition) is 28. The van der Waals surface area contributed by atoms with Crippen LogP contribution in [-0.2, 0) is 28.8 Å². The molecule has 6 atom stereocenters. The number of hydrogen-bond donors (Lipinski definition) is 6. The molecule has 4 unspecified atom stereocenters. The van der Waals surface area contributed by atoms with Crippen molar-refractivity contribution in [2.75, 3.05) is 34.5 Å². The predicted octanol–water partition coefficient (Wildman–Crippen LogP) is -2.77. The van der Waals surface area contributed by atoms with Crippen molar-refractivity contribution in [1.82, 2.24) is 50.8 Å². The molecule has 4 amide bonds. The number of benzene rings is 2. The molecule has 8 N–H and O–H groups in total. The number of nitrogens with one attached hydrogen (secondary N) is 2. The van der Waals surface area contributed by atoms with Crippen molar-refractivity contribution in [2.45, 2.75) is 65.6 Å². The third-order valence-corrected chi connectivity index (χ3v) is 22.4. The Morgan fingerprint density at radius 1 is 0.646 bits per heavy atom. The van der Waals surface area contributed by atoms with Gasteiger partial charge in [0.15, 0.2) is 18.9 Å². The van der Waals surface area contributed by atoms with Crippen LogP contribution in [0.15, 0.2) is 100 Å². The number of amides is 4. The van der Waals surface area contributed by atoms with E-state index in [-0.39, 0.29) is 91.9 Å². The number of aromatic nitrogens is 6. The number of thioether (sulfide) groups is 6. The number of carbonyl (C=O) groups is 8. The summed E-state index contributed by atoms with van der Waals surface area (Å²) in [5.41, 5.74) is 12.9. The fourth-order valence-electron chi connectivity index (χ4n) is 8.08. The molecule has 10 rings (SSSR count). The molecule has 4 aliphatic rings. The van der Waals surface area contributed by atoms with Crippen LogP contribution in [0.4, 0.5) is 10.3 Å². The molecule has 8 heterocycles. The molecule has 36 heteroatoms. The van der Waals surface area contributed by atoms with E-state index >= 15 is 0 Å². The van der Waals surface area contributed by atoms with Gasteiger partial charge in [-0.2, -0.15) is 0 Å². The van der Waals surface area contributed by atoms with E-state index in [2.05, 4.69) is 41.0 Å². The normalized spacial score (nSPS) is 18.7. The summed E-state index contributed by atoms with van der Waals surface area (Å²) in [7, 11) is 0. The molecule has 6 aromatic rings. The zero-order chi connectivity index (χ0) is 57.1. The molecule has 0 radical (unpaired) electrons. The van der Waals surface area contributed by atoms with Gasteiger partial charge in [-0.15, -0.1) is 90.1 Å². The van der Waals surface area contributed by atoms with Gasteiger partial charge in [-0.3, -0.25) is 29.0 Å². The fourth-order valence-corrected chi connectivity index (χ4v) is 18.2. The maximum absolute atomic E-state index is 13.5. The molecular formula is C46H38N12Na2O12S10. The Hall–Kier alpha value is -4.24. The summed E-state index contributed by atoms with van der Waals surface area (Å²) >= 11 is 12.3. The second-order valence-corrected chi connectivity index (χ2v) is 27.9. The summed E-state index contributed by atoms with van der Waals surface area (Å²) in [6.45, 7) is 3.64. The molecule has 82 heavy (non-hydrogen) atoms. The van der Waals surface area contributed by atoms with Crippen molar-refractivity contribution < 1.29 is 118 Å². The van der Waals surface area contributed by atoms with Gasteiger partial charge in [0.1, 0.15) is 43.3 Å². The van der Waals surface area contributed by atoms with Gasteiger partial charge in [-0.25, -0.2) is 19.6 Å². The number of fused-ring (bicyclic) bond motifs is 2. The predicted molar refractivity (Wildman–Crippen MR) is 302 cm³/mol. The van der Waals surface area contributed by atoms with Crippen molar-refractivity contribution in [3.8, 4) is 0 Å². The van der Waals surface area contributed by atoms with Crippen LogP contribution in [0.5, 0.6) is 0 Å². The van der Waals surface area contributed by atoms with Crippen molar-refractivity contribution in [3.05, 3.63) is 114 Å². The van der Waals surface area contributed by atoms with E-state index in [4.69, 9.17) is 11.5 Å². The second-order valence-electron chi connectivity index (χ2n) is 16.8. The van der Waals surface area contributed by atoms with E-state index in [0.29, 0.717) is 64.0 Å². The number of nitrogens with two attached hydrogens (primary N) is 2. The number of carboxylic acid groups (broad SMARTS) is 4. The average Bonchev–Trinajstić information content (AvgIpc) is 3.80. The molecule has 0 aliphatic carbocycles. The Labute approximate surface area is 550 Å². The van der Waals surface area contributed by atoms with Crippen LogP contribution in [-0.4, -0.2) is 144 Å². The number of aryl methyl sites for hydroxylation is 2. The third-order valence-electron chi connectivity index (χ3n) is 11.6. The largest absolute Gasteiger partial charge is 1.00 e. The van der Waals surface area contributed by atoms with Crippen LogP contribution in [0.2, 0.25) is 0 Å². The van der Waals surface area contributed by atoms with E-state index in [0.717, 1.165) is 66.0 Å². The van der Waals surface area contributed by atoms with E-state index in [1.807, 2.05) is 13.8 Å². The van der Waals surface area contributed by atoms with Crippen LogP contribution < -0.4 is 91.4 Å². The first-order valence-corrected chi connectivity index (χ1v) is 32.1. The van der Waals surface area contributed by atoms with Crippen molar-refractivity contribution in [2.24, 2.45) is 0 Å². The van der Waals surface area contributed by atoms with Gasteiger partial charge < -0.3 is 52.1 Å². The molecule has 416 valence electrons. The van der Waals surface area contributed by atoms with E-state index in [1.165, 1.54) is 81.9 Å². The van der Waals surface area contributed by atoms with Crippen LogP contribution in [0.1, 0.15) is 52.6 Å². The molecule has 4 aliphatic heterocycles. The number of aromatic carboxylic acids is 2. The summed E-state index contributed by atoms with van der Waals surface area (Å²) in [6.07, 6.45) is 0. The van der Waals surface area contributed by atoms with Crippen LogP contribution in [0.25, 0.3) is 0 Å². The standard InChI is InChI=1S/2C23H20N6O6S5.2Na/c2*1-9-27-28-23(39-9)38-7-10-6-36-19-14(18(31)29(19)15(10)21(34)35)26-17(30)16(12-8-37-22(24)25-12)40-13-5-3-2-4-11(13)20(32)33;;/h2*2-5,8,14,16,19H,6-7H2,1H3,(H2,24,25)(H,26,30)(H,32,33)(H,34,35);;/q;;2*+1/p-2/t2*14?,16?,19-;;/m11../s1. The van der Waals surface area contributed by atoms with Crippen LogP contribution >= 0.6 is 116 Å². The maximum atomic E-state index is 13.5. The SMILES string of the molecule is Cc1nnc(SCC2=C(C(=O)[O-])N3C(=O)C(NC(=O)C(Sc4ccccc4C(=O)O)c4csc(N)n4)[C@H]3SC2)s1.Cc1nnc(SCC2=C(C(=O)[O-])N3C(=O)C(NC(=O)C(Sc4ccccc4C(=O)O)c4csc(N)n4)[C@H]3SC2)s1.[Na+].[Na+]. The maximum Gasteiger partial charge on any atom is 1.00 e. The van der Waals surface area contributed by atoms with Crippen LogP contribution in [0.3, 0.4) is 0 Å². The molecule has 0 bridgehead atoms. The van der Waals surface area contributed by atoms with Gasteiger partial charge in [0, 0.05) is 43.6 Å². The van der Waals surface area contributed by atoms with Crippen LogP contribution in [0, 0.1) is 13.8 Å². The quantitative estimate of drug-likeness (QED) is 0.0256. The molecule has 24 nitrogen and oxygen atoms in total. The minimum absolute atomic E-state index is 0. The minimum atomic E-state index is -1.47. The number of nitrogens with zero attached hydrogens (tertiary/aromatic N) is 8. The summed E-state index contributed by atoms with van der Waals surface area (Å²) in [5, 5.41) is 66.6. The first kappa shape index (κ1) is 65.3. The van der Waals surface area contributed by atoms with Gasteiger partial charge in [0.2, 0.25) is 11.8 Å². The number of aliphatic carboxylic acids is 2. The van der Waals surface area contributed by atoms with E-state index in [1.54, 1.807) is 47.2 Å². The summed E-state index contributed by atoms with van der Waals surface area (Å²) in [4.78, 5) is 112. The first-order valence-electron chi connectivity index (χ1n) is 22.9. The Morgan fingerprint density at radius 3 is 1.34 bits per heavy atom. The number of β-lactam (4-membered cyclic amide) rings is 2. The molecular weight excluding hydrogens is 1280 g/mol. The number of anilines is 2. The summed E-state index contributed by atoms with van der Waals surface area (Å²) in [5.74, 6) is -6.32. The third kappa shape index (κ3) is 14.7. The molecule has 2 saturated heterocycles. The van der Waals surface area contributed by atoms with Gasteiger partial charge in [-0.05, 0) is 49.3 Å². The van der Waals surface area contributed by atoms with Crippen molar-refractivity contribution >= 4 is 174 Å². The second kappa shape index (κ2) is 28.8. The van der Waals surface area contributed by atoms with Gasteiger partial charge >= 0.3 is 71.1 Å². The topological polar surface area (TPSA) is 383 Å². The fraction of sp³-hybridized carbons (Fsp3) is 0.261. The Kier molecular flexibility index (Phi) is 22.9. The van der Waals surface area contributed by atoms with Gasteiger partial charge in [-0.1, -0.05) is 70.5 Å². The van der Waals surface area contributed by atoms with Crippen molar-refractivity contribution in [1.29, 1.82) is 0 Å². The smallest absolute Gasteiger partial charge is 0.543 e.